The first-order chi connectivity index (χ1) is 36.6. The predicted octanol–water partition coefficient (Wildman–Crippen LogP) is 16.8. The van der Waals surface area contributed by atoms with E-state index < -0.39 is 24.3 Å². The summed E-state index contributed by atoms with van der Waals surface area (Å²) in [7, 11) is 5.92. The van der Waals surface area contributed by atoms with Crippen molar-refractivity contribution in [2.45, 2.75) is 257 Å². The molecule has 0 rings (SSSR count). The van der Waals surface area contributed by atoms with Crippen LogP contribution in [0.1, 0.15) is 245 Å². The van der Waals surface area contributed by atoms with Gasteiger partial charge in [0.1, 0.15) is 13.2 Å². The van der Waals surface area contributed by atoms with Crippen molar-refractivity contribution in [1.29, 1.82) is 0 Å². The molecular weight excluding hydrogens is 935 g/mol. The average Bonchev–Trinajstić information content (AvgIpc) is 3.38. The van der Waals surface area contributed by atoms with Crippen LogP contribution in [0.4, 0.5) is 0 Å². The molecule has 0 aromatic rings. The van der Waals surface area contributed by atoms with Gasteiger partial charge in [0.15, 0.2) is 12.4 Å². The van der Waals surface area contributed by atoms with Gasteiger partial charge >= 0.3 is 11.9 Å². The van der Waals surface area contributed by atoms with Crippen molar-refractivity contribution in [1.82, 2.24) is 0 Å². The molecule has 2 atom stereocenters. The van der Waals surface area contributed by atoms with E-state index in [9.17, 15) is 19.5 Å². The Balaban J connectivity index is 4.04. The Bertz CT molecular complexity index is 1550. The topological polar surface area (TPSA) is 111 Å². The molecule has 9 heteroatoms. The fourth-order valence-corrected chi connectivity index (χ4v) is 8.20. The van der Waals surface area contributed by atoms with Crippen molar-refractivity contribution in [3.63, 3.8) is 0 Å². The second kappa shape index (κ2) is 56.4. The van der Waals surface area contributed by atoms with Crippen LogP contribution in [0, 0.1) is 0 Å². The van der Waals surface area contributed by atoms with Gasteiger partial charge in [-0.05, 0) is 77.0 Å². The molecule has 430 valence electrons. The zero-order chi connectivity index (χ0) is 54.8. The summed E-state index contributed by atoms with van der Waals surface area (Å²) < 4.78 is 22.6. The summed E-state index contributed by atoms with van der Waals surface area (Å²) in [6.07, 6.45) is 73.4. The number of carbonyl (C=O) groups is 3. The largest absolute Gasteiger partial charge is 0.545 e. The van der Waals surface area contributed by atoms with Crippen LogP contribution >= 0.6 is 0 Å². The molecule has 0 aromatic carbocycles. The van der Waals surface area contributed by atoms with Crippen LogP contribution in [0.3, 0.4) is 0 Å². The van der Waals surface area contributed by atoms with Gasteiger partial charge in [-0.25, -0.2) is 0 Å². The SMILES string of the molecule is CC/C=C\C/C=C\C/C=C\C/C=C\C/C=C\C/C=C\C/C=C\C/C=C\CCCCCCCCCCCCCCCCC(=O)OC(COC(=O)CCCCCCCCCCCCC)COC(OCC[N+](C)(C)C)C(=O)[O-]. The molecule has 0 spiro atoms. The number of ether oxygens (including phenoxy) is 4. The molecule has 75 heavy (non-hydrogen) atoms. The zero-order valence-corrected chi connectivity index (χ0v) is 48.9. The van der Waals surface area contributed by atoms with Crippen molar-refractivity contribution in [3.8, 4) is 0 Å². The number of nitrogens with zero attached hydrogens (tertiary/aromatic N) is 1. The van der Waals surface area contributed by atoms with E-state index in [1.807, 2.05) is 21.1 Å². The molecule has 0 aliphatic heterocycles. The van der Waals surface area contributed by atoms with Gasteiger partial charge in [0.25, 0.3) is 0 Å². The highest BCUT2D eigenvalue weighted by Gasteiger charge is 2.22. The zero-order valence-electron chi connectivity index (χ0n) is 48.9. The molecule has 0 heterocycles. The number of allylic oxidation sites excluding steroid dienone is 16. The number of carboxylic acid groups (broad SMARTS) is 1. The van der Waals surface area contributed by atoms with Crippen LogP contribution in [0.5, 0.6) is 0 Å². The van der Waals surface area contributed by atoms with Crippen molar-refractivity contribution >= 4 is 17.9 Å². The third-order valence-corrected chi connectivity index (χ3v) is 12.8. The molecule has 0 saturated heterocycles. The average molecular weight is 1050 g/mol. The first kappa shape index (κ1) is 71.2. The maximum absolute atomic E-state index is 12.8. The number of esters is 2. The number of aliphatic carboxylic acids is 1. The number of carboxylic acids is 1. The smallest absolute Gasteiger partial charge is 0.306 e. The first-order valence-electron chi connectivity index (χ1n) is 30.4. The van der Waals surface area contributed by atoms with Gasteiger partial charge < -0.3 is 33.3 Å². The third kappa shape index (κ3) is 57.7. The van der Waals surface area contributed by atoms with E-state index in [0.29, 0.717) is 23.9 Å². The third-order valence-electron chi connectivity index (χ3n) is 12.8. The summed E-state index contributed by atoms with van der Waals surface area (Å²) in [6.45, 7) is 4.62. The van der Waals surface area contributed by atoms with Crippen LogP contribution in [0.25, 0.3) is 0 Å². The van der Waals surface area contributed by atoms with Gasteiger partial charge in [-0.3, -0.25) is 9.59 Å². The Morgan fingerprint density at radius 1 is 0.413 bits per heavy atom. The number of hydrogen-bond donors (Lipinski definition) is 0. The van der Waals surface area contributed by atoms with Crippen LogP contribution in [0.2, 0.25) is 0 Å². The maximum Gasteiger partial charge on any atom is 0.306 e. The lowest BCUT2D eigenvalue weighted by molar-refractivity contribution is -0.870. The van der Waals surface area contributed by atoms with E-state index in [4.69, 9.17) is 18.9 Å². The Morgan fingerprint density at radius 3 is 1.13 bits per heavy atom. The number of hydrogen-bond acceptors (Lipinski definition) is 8. The molecule has 0 saturated carbocycles. The van der Waals surface area contributed by atoms with E-state index >= 15 is 0 Å². The summed E-state index contributed by atoms with van der Waals surface area (Å²) >= 11 is 0. The minimum atomic E-state index is -1.62. The molecule has 0 aliphatic rings. The standard InChI is InChI=1S/C66H113NO8/c1-6-8-10-12-14-16-18-19-20-21-22-23-24-25-26-27-28-29-30-31-32-33-34-35-36-37-38-39-40-41-42-43-44-45-47-49-51-53-55-57-64(69)75-62(61-74-66(65(70)71)72-59-58-67(3,4)5)60-73-63(68)56-54-52-50-48-46-17-15-13-11-9-7-2/h8,10,14,16,19-20,22-23,25-26,28-29,31-32,34-35,62,66H,6-7,9,11-13,15,17-18,21,24,27,30,33,36-61H2,1-5H3/b10-8-,16-14-,20-19-,23-22-,26-25-,29-28-,32-31-,35-34-. The minimum Gasteiger partial charge on any atom is -0.545 e. The molecular formula is C66H113NO8. The van der Waals surface area contributed by atoms with Gasteiger partial charge in [0, 0.05) is 12.8 Å². The van der Waals surface area contributed by atoms with Gasteiger partial charge in [-0.1, -0.05) is 252 Å². The van der Waals surface area contributed by atoms with Crippen molar-refractivity contribution in [2.24, 2.45) is 0 Å². The number of quaternary nitrogens is 1. The summed E-state index contributed by atoms with van der Waals surface area (Å²) in [5, 5.41) is 11.7. The molecule has 0 N–H and O–H groups in total. The normalized spacial score (nSPS) is 13.5. The molecule has 0 fully saturated rings. The molecule has 0 bridgehead atoms. The van der Waals surface area contributed by atoms with E-state index in [1.54, 1.807) is 0 Å². The Kier molecular flexibility index (Phi) is 53.6. The van der Waals surface area contributed by atoms with Crippen molar-refractivity contribution < 1.29 is 42.9 Å². The molecule has 0 aliphatic carbocycles. The minimum absolute atomic E-state index is 0.146. The fourth-order valence-electron chi connectivity index (χ4n) is 8.20. The van der Waals surface area contributed by atoms with Gasteiger partial charge in [0.05, 0.1) is 40.3 Å². The molecule has 0 aromatic heterocycles. The first-order valence-corrected chi connectivity index (χ1v) is 30.4. The highest BCUT2D eigenvalue weighted by molar-refractivity contribution is 5.70. The highest BCUT2D eigenvalue weighted by Crippen LogP contribution is 2.16. The Hall–Kier alpha value is -3.79. The van der Waals surface area contributed by atoms with E-state index in [2.05, 4.69) is 111 Å². The maximum atomic E-state index is 12.8. The Labute approximate surface area is 461 Å². The van der Waals surface area contributed by atoms with E-state index in [-0.39, 0.29) is 32.2 Å². The summed E-state index contributed by atoms with van der Waals surface area (Å²) in [6, 6.07) is 0. The fraction of sp³-hybridized carbons (Fsp3) is 0.712. The summed E-state index contributed by atoms with van der Waals surface area (Å²) in [5.74, 6) is -2.28. The number of carbonyl (C=O) groups excluding carboxylic acids is 3. The summed E-state index contributed by atoms with van der Waals surface area (Å²) in [5.41, 5.74) is 0. The molecule has 0 radical (unpaired) electrons. The molecule has 2 unspecified atom stereocenters. The predicted molar refractivity (Wildman–Crippen MR) is 315 cm³/mol. The highest BCUT2D eigenvalue weighted by atomic mass is 16.7. The van der Waals surface area contributed by atoms with E-state index in [1.165, 1.54) is 122 Å². The lowest BCUT2D eigenvalue weighted by atomic mass is 10.0. The van der Waals surface area contributed by atoms with Crippen LogP contribution in [-0.4, -0.2) is 82.3 Å². The van der Waals surface area contributed by atoms with Crippen LogP contribution in [-0.2, 0) is 33.3 Å². The van der Waals surface area contributed by atoms with Gasteiger partial charge in [-0.2, -0.15) is 0 Å². The van der Waals surface area contributed by atoms with Crippen molar-refractivity contribution in [2.75, 3.05) is 47.5 Å². The van der Waals surface area contributed by atoms with Crippen LogP contribution in [0.15, 0.2) is 97.2 Å². The second-order valence-electron chi connectivity index (χ2n) is 21.3. The van der Waals surface area contributed by atoms with Crippen LogP contribution < -0.4 is 5.11 Å². The number of rotatable bonds is 55. The second-order valence-corrected chi connectivity index (χ2v) is 21.3. The van der Waals surface area contributed by atoms with Gasteiger partial charge in [0.2, 0.25) is 0 Å². The summed E-state index contributed by atoms with van der Waals surface area (Å²) in [4.78, 5) is 37.2. The quantitative estimate of drug-likeness (QED) is 0.0195. The van der Waals surface area contributed by atoms with Crippen molar-refractivity contribution in [3.05, 3.63) is 97.2 Å². The number of unbranched alkanes of at least 4 members (excludes halogenated alkanes) is 24. The Morgan fingerprint density at radius 2 is 0.760 bits per heavy atom. The lowest BCUT2D eigenvalue weighted by Crippen LogP contribution is -2.44. The molecule has 0 amide bonds. The van der Waals surface area contributed by atoms with E-state index in [0.717, 1.165) is 89.9 Å². The monoisotopic (exact) mass is 1050 g/mol. The van der Waals surface area contributed by atoms with Gasteiger partial charge in [-0.15, -0.1) is 0 Å². The lowest BCUT2D eigenvalue weighted by Gasteiger charge is -2.26. The number of likely N-dealkylation sites (N-methyl/N-ethyl adjacent to an activating group) is 1. The molecule has 9 nitrogen and oxygen atoms in total.